The first-order valence-corrected chi connectivity index (χ1v) is 8.08. The number of aromatic nitrogens is 2. The second-order valence-corrected chi connectivity index (χ2v) is 5.94. The van der Waals surface area contributed by atoms with Gasteiger partial charge in [0.15, 0.2) is 0 Å². The number of aryl methyl sites for hydroxylation is 3. The number of nitrogens with zero attached hydrogens (tertiary/aromatic N) is 2. The van der Waals surface area contributed by atoms with Crippen LogP contribution in [0.2, 0.25) is 0 Å². The summed E-state index contributed by atoms with van der Waals surface area (Å²) in [6.07, 6.45) is 1.77. The lowest BCUT2D eigenvalue weighted by molar-refractivity contribution is 1.07. The maximum absolute atomic E-state index is 4.56. The van der Waals surface area contributed by atoms with E-state index in [0.717, 1.165) is 18.1 Å². The van der Waals surface area contributed by atoms with Gasteiger partial charge in [0.05, 0.1) is 0 Å². The van der Waals surface area contributed by atoms with Crippen molar-refractivity contribution >= 4 is 17.5 Å². The molecule has 1 heterocycles. The fourth-order valence-corrected chi connectivity index (χ4v) is 2.64. The van der Waals surface area contributed by atoms with Gasteiger partial charge in [-0.25, -0.2) is 4.98 Å². The van der Waals surface area contributed by atoms with Crippen molar-refractivity contribution in [1.29, 1.82) is 0 Å². The van der Waals surface area contributed by atoms with Gasteiger partial charge in [0, 0.05) is 18.4 Å². The Morgan fingerprint density at radius 2 is 1.54 bits per heavy atom. The zero-order valence-corrected chi connectivity index (χ0v) is 14.3. The average Bonchev–Trinajstić information content (AvgIpc) is 2.58. The molecule has 0 atom stereocenters. The number of anilines is 3. The molecule has 4 heteroatoms. The lowest BCUT2D eigenvalue weighted by Gasteiger charge is -2.12. The zero-order valence-electron chi connectivity index (χ0n) is 14.3. The van der Waals surface area contributed by atoms with Gasteiger partial charge in [-0.2, -0.15) is 4.98 Å². The van der Waals surface area contributed by atoms with E-state index in [0.29, 0.717) is 5.95 Å². The van der Waals surface area contributed by atoms with Crippen LogP contribution in [-0.2, 0) is 6.54 Å². The molecule has 2 N–H and O–H groups in total. The van der Waals surface area contributed by atoms with Crippen LogP contribution < -0.4 is 10.6 Å². The van der Waals surface area contributed by atoms with E-state index in [1.165, 1.54) is 22.3 Å². The zero-order chi connectivity index (χ0) is 16.9. The van der Waals surface area contributed by atoms with Gasteiger partial charge in [-0.05, 0) is 49.1 Å². The van der Waals surface area contributed by atoms with Crippen LogP contribution >= 0.6 is 0 Å². The van der Waals surface area contributed by atoms with Crippen molar-refractivity contribution < 1.29 is 0 Å². The van der Waals surface area contributed by atoms with Gasteiger partial charge >= 0.3 is 0 Å². The molecule has 24 heavy (non-hydrogen) atoms. The highest BCUT2D eigenvalue weighted by molar-refractivity contribution is 5.63. The number of benzene rings is 2. The maximum Gasteiger partial charge on any atom is 0.229 e. The summed E-state index contributed by atoms with van der Waals surface area (Å²) in [7, 11) is 0. The Hall–Kier alpha value is -2.88. The highest BCUT2D eigenvalue weighted by atomic mass is 15.1. The molecule has 0 unspecified atom stereocenters. The van der Waals surface area contributed by atoms with E-state index in [9.17, 15) is 0 Å². The third-order valence-electron chi connectivity index (χ3n) is 4.09. The molecule has 0 bridgehead atoms. The van der Waals surface area contributed by atoms with E-state index in [1.54, 1.807) is 6.20 Å². The molecule has 0 aliphatic carbocycles. The lowest BCUT2D eigenvalue weighted by Crippen LogP contribution is -2.06. The minimum atomic E-state index is 0.599. The van der Waals surface area contributed by atoms with Crippen LogP contribution in [0.1, 0.15) is 22.3 Å². The first-order valence-electron chi connectivity index (χ1n) is 8.08. The molecule has 0 saturated heterocycles. The van der Waals surface area contributed by atoms with E-state index in [2.05, 4.69) is 83.8 Å². The van der Waals surface area contributed by atoms with Crippen molar-refractivity contribution in [2.45, 2.75) is 27.3 Å². The van der Waals surface area contributed by atoms with Crippen molar-refractivity contribution in [3.63, 3.8) is 0 Å². The van der Waals surface area contributed by atoms with Crippen LogP contribution in [0, 0.1) is 20.8 Å². The summed E-state index contributed by atoms with van der Waals surface area (Å²) in [4.78, 5) is 8.89. The van der Waals surface area contributed by atoms with Crippen molar-refractivity contribution in [2.24, 2.45) is 0 Å². The number of para-hydroxylation sites is 1. The van der Waals surface area contributed by atoms with Crippen LogP contribution in [0.25, 0.3) is 0 Å². The largest absolute Gasteiger partial charge is 0.366 e. The Bertz CT molecular complexity index is 822. The second kappa shape index (κ2) is 7.13. The van der Waals surface area contributed by atoms with Gasteiger partial charge in [0.25, 0.3) is 0 Å². The second-order valence-electron chi connectivity index (χ2n) is 5.94. The van der Waals surface area contributed by atoms with Gasteiger partial charge in [-0.3, -0.25) is 0 Å². The summed E-state index contributed by atoms with van der Waals surface area (Å²) in [6.45, 7) is 7.02. The van der Waals surface area contributed by atoms with Crippen LogP contribution in [0.4, 0.5) is 17.5 Å². The smallest absolute Gasteiger partial charge is 0.229 e. The van der Waals surface area contributed by atoms with Crippen LogP contribution in [-0.4, -0.2) is 9.97 Å². The molecular weight excluding hydrogens is 296 g/mol. The summed E-state index contributed by atoms with van der Waals surface area (Å²) in [6, 6.07) is 16.4. The Morgan fingerprint density at radius 3 is 2.29 bits per heavy atom. The average molecular weight is 318 g/mol. The Kier molecular flexibility index (Phi) is 4.75. The summed E-state index contributed by atoms with van der Waals surface area (Å²) in [5.41, 5.74) is 5.95. The fourth-order valence-electron chi connectivity index (χ4n) is 2.64. The lowest BCUT2D eigenvalue weighted by atomic mass is 10.1. The van der Waals surface area contributed by atoms with Gasteiger partial charge in [0.1, 0.15) is 5.82 Å². The first kappa shape index (κ1) is 16.0. The van der Waals surface area contributed by atoms with Crippen LogP contribution in [0.3, 0.4) is 0 Å². The third kappa shape index (κ3) is 3.71. The molecule has 1 aromatic heterocycles. The standard InChI is InChI=1S/C20H22N4/c1-14-7-4-5-10-17(14)13-22-18-11-12-21-20(23-18)24-19-15(2)8-6-9-16(19)3/h4-12H,13H2,1-3H3,(H2,21,22,23,24). The Labute approximate surface area is 143 Å². The normalized spacial score (nSPS) is 10.5. The number of rotatable bonds is 5. The first-order chi connectivity index (χ1) is 11.6. The molecule has 0 aliphatic rings. The molecular formula is C20H22N4. The predicted octanol–water partition coefficient (Wildman–Crippen LogP) is 4.76. The van der Waals surface area contributed by atoms with Crippen molar-refractivity contribution in [3.05, 3.63) is 77.0 Å². The van der Waals surface area contributed by atoms with Crippen LogP contribution in [0.15, 0.2) is 54.7 Å². The highest BCUT2D eigenvalue weighted by Gasteiger charge is 2.05. The molecule has 122 valence electrons. The van der Waals surface area contributed by atoms with Crippen molar-refractivity contribution in [1.82, 2.24) is 9.97 Å². The summed E-state index contributed by atoms with van der Waals surface area (Å²) < 4.78 is 0. The molecule has 3 rings (SSSR count). The van der Waals surface area contributed by atoms with E-state index >= 15 is 0 Å². The quantitative estimate of drug-likeness (QED) is 0.712. The molecule has 0 spiro atoms. The molecule has 0 saturated carbocycles. The molecule has 0 radical (unpaired) electrons. The number of hydrogen-bond acceptors (Lipinski definition) is 4. The molecule has 0 aliphatic heterocycles. The Balaban J connectivity index is 1.74. The monoisotopic (exact) mass is 318 g/mol. The van der Waals surface area contributed by atoms with Gasteiger partial charge in [-0.1, -0.05) is 42.5 Å². The number of hydrogen-bond donors (Lipinski definition) is 2. The summed E-state index contributed by atoms with van der Waals surface area (Å²) in [5, 5.41) is 6.69. The minimum Gasteiger partial charge on any atom is -0.366 e. The minimum absolute atomic E-state index is 0.599. The Morgan fingerprint density at radius 1 is 0.833 bits per heavy atom. The van der Waals surface area contributed by atoms with Gasteiger partial charge in [0.2, 0.25) is 5.95 Å². The maximum atomic E-state index is 4.56. The summed E-state index contributed by atoms with van der Waals surface area (Å²) in [5.74, 6) is 1.41. The van der Waals surface area contributed by atoms with Gasteiger partial charge < -0.3 is 10.6 Å². The van der Waals surface area contributed by atoms with E-state index in [1.807, 2.05) is 6.07 Å². The molecule has 0 amide bonds. The van der Waals surface area contributed by atoms with Gasteiger partial charge in [-0.15, -0.1) is 0 Å². The fraction of sp³-hybridized carbons (Fsp3) is 0.200. The SMILES string of the molecule is Cc1ccccc1CNc1ccnc(Nc2c(C)cccc2C)n1. The molecule has 4 nitrogen and oxygen atoms in total. The van der Waals surface area contributed by atoms with Crippen molar-refractivity contribution in [3.8, 4) is 0 Å². The van der Waals surface area contributed by atoms with E-state index in [4.69, 9.17) is 0 Å². The third-order valence-corrected chi connectivity index (χ3v) is 4.09. The topological polar surface area (TPSA) is 49.8 Å². The molecule has 0 fully saturated rings. The predicted molar refractivity (Wildman–Crippen MR) is 99.7 cm³/mol. The molecule has 3 aromatic rings. The van der Waals surface area contributed by atoms with Crippen molar-refractivity contribution in [2.75, 3.05) is 10.6 Å². The van der Waals surface area contributed by atoms with E-state index < -0.39 is 0 Å². The van der Waals surface area contributed by atoms with Crippen LogP contribution in [0.5, 0.6) is 0 Å². The number of nitrogens with one attached hydrogen (secondary N) is 2. The highest BCUT2D eigenvalue weighted by Crippen LogP contribution is 2.23. The summed E-state index contributed by atoms with van der Waals surface area (Å²) >= 11 is 0. The van der Waals surface area contributed by atoms with E-state index in [-0.39, 0.29) is 0 Å². The molecule has 2 aromatic carbocycles.